The third-order valence-corrected chi connectivity index (χ3v) is 3.66. The maximum absolute atomic E-state index is 9.92. The molecule has 1 N–H and O–H groups in total. The molecule has 0 bridgehead atoms. The molecule has 0 aromatic heterocycles. The highest BCUT2D eigenvalue weighted by Crippen LogP contribution is 2.23. The van der Waals surface area contributed by atoms with Crippen LogP contribution in [-0.2, 0) is 9.47 Å². The van der Waals surface area contributed by atoms with Crippen LogP contribution in [0.3, 0.4) is 0 Å². The molecule has 124 valence electrons. The molecular formula is C20H26O3. The van der Waals surface area contributed by atoms with Crippen molar-refractivity contribution in [1.29, 1.82) is 0 Å². The van der Waals surface area contributed by atoms with Gasteiger partial charge in [0.1, 0.15) is 6.10 Å². The van der Waals surface area contributed by atoms with Crippen molar-refractivity contribution in [2.75, 3.05) is 13.2 Å². The van der Waals surface area contributed by atoms with Crippen LogP contribution in [0.2, 0.25) is 0 Å². The lowest BCUT2D eigenvalue weighted by atomic mass is 10.1. The van der Waals surface area contributed by atoms with Crippen LogP contribution in [0, 0.1) is 11.8 Å². The van der Waals surface area contributed by atoms with E-state index in [1.807, 2.05) is 30.3 Å². The molecule has 3 heteroatoms. The van der Waals surface area contributed by atoms with Crippen LogP contribution in [0.1, 0.15) is 56.4 Å². The Hall–Kier alpha value is -1.60. The molecule has 1 aliphatic rings. The van der Waals surface area contributed by atoms with Crippen molar-refractivity contribution in [1.82, 2.24) is 0 Å². The summed E-state index contributed by atoms with van der Waals surface area (Å²) in [5.41, 5.74) is 1.84. The summed E-state index contributed by atoms with van der Waals surface area (Å²) in [5.74, 6) is 5.92. The van der Waals surface area contributed by atoms with Gasteiger partial charge in [-0.25, -0.2) is 0 Å². The van der Waals surface area contributed by atoms with Gasteiger partial charge in [0.15, 0.2) is 6.29 Å². The fourth-order valence-corrected chi connectivity index (χ4v) is 2.39. The predicted octanol–water partition coefficient (Wildman–Crippen LogP) is 3.97. The molecule has 1 aromatic carbocycles. The minimum Gasteiger partial charge on any atom is -0.380 e. The van der Waals surface area contributed by atoms with Crippen molar-refractivity contribution >= 4 is 0 Å². The Balaban J connectivity index is 1.82. The van der Waals surface area contributed by atoms with Crippen molar-refractivity contribution in [3.63, 3.8) is 0 Å². The molecule has 0 aliphatic carbocycles. The summed E-state index contributed by atoms with van der Waals surface area (Å²) in [6.07, 6.45) is 8.61. The van der Waals surface area contributed by atoms with E-state index in [0.717, 1.165) is 17.5 Å². The van der Waals surface area contributed by atoms with Gasteiger partial charge in [-0.1, -0.05) is 55.9 Å². The second-order valence-corrected chi connectivity index (χ2v) is 5.69. The summed E-state index contributed by atoms with van der Waals surface area (Å²) in [5, 5.41) is 9.92. The van der Waals surface area contributed by atoms with Gasteiger partial charge in [-0.05, 0) is 25.0 Å². The molecule has 0 amide bonds. The zero-order valence-corrected chi connectivity index (χ0v) is 13.8. The van der Waals surface area contributed by atoms with Gasteiger partial charge in [0.25, 0.3) is 0 Å². The second-order valence-electron chi connectivity index (χ2n) is 5.69. The molecule has 1 atom stereocenters. The van der Waals surface area contributed by atoms with Crippen LogP contribution in [0.5, 0.6) is 0 Å². The molecule has 0 spiro atoms. The Kier molecular flexibility index (Phi) is 7.89. The van der Waals surface area contributed by atoms with E-state index in [1.54, 1.807) is 0 Å². The highest BCUT2D eigenvalue weighted by molar-refractivity contribution is 5.38. The van der Waals surface area contributed by atoms with E-state index < -0.39 is 6.10 Å². The summed E-state index contributed by atoms with van der Waals surface area (Å²) in [4.78, 5) is 0. The minimum atomic E-state index is -0.625. The van der Waals surface area contributed by atoms with E-state index in [2.05, 4.69) is 24.8 Å². The number of hydrogen-bond acceptors (Lipinski definition) is 3. The van der Waals surface area contributed by atoms with Gasteiger partial charge >= 0.3 is 0 Å². The molecule has 1 unspecified atom stereocenters. The fourth-order valence-electron chi connectivity index (χ4n) is 2.39. The van der Waals surface area contributed by atoms with E-state index >= 15 is 0 Å². The van der Waals surface area contributed by atoms with E-state index in [-0.39, 0.29) is 6.29 Å². The Morgan fingerprint density at radius 1 is 1.26 bits per heavy atom. The highest BCUT2D eigenvalue weighted by Gasteiger charge is 2.17. The standard InChI is InChI=1S/C20H26O3/c1-2-3-4-5-6-7-11-19(21)13-12-17-9-8-10-18(16-17)20-22-14-15-23-20/h6-10,16,19-21H,2-5,11,14-15H2,1H3/b7-6-. The second kappa shape index (κ2) is 10.2. The monoisotopic (exact) mass is 314 g/mol. The topological polar surface area (TPSA) is 38.7 Å². The number of hydrogen-bond donors (Lipinski definition) is 1. The molecule has 2 rings (SSSR count). The van der Waals surface area contributed by atoms with Crippen LogP contribution in [0.25, 0.3) is 0 Å². The maximum Gasteiger partial charge on any atom is 0.184 e. The third kappa shape index (κ3) is 6.58. The van der Waals surface area contributed by atoms with Gasteiger partial charge in [0.05, 0.1) is 13.2 Å². The minimum absolute atomic E-state index is 0.285. The van der Waals surface area contributed by atoms with Gasteiger partial charge in [0, 0.05) is 17.5 Å². The van der Waals surface area contributed by atoms with Crippen LogP contribution >= 0.6 is 0 Å². The number of aliphatic hydroxyl groups is 1. The molecule has 1 heterocycles. The normalized spacial score (nSPS) is 16.4. The van der Waals surface area contributed by atoms with Crippen LogP contribution < -0.4 is 0 Å². The SMILES string of the molecule is CCCCC/C=C\CC(O)C#Cc1cccc(C2OCCO2)c1. The Labute approximate surface area is 139 Å². The van der Waals surface area contributed by atoms with E-state index in [0.29, 0.717) is 19.6 Å². The van der Waals surface area contributed by atoms with Crippen LogP contribution in [0.15, 0.2) is 36.4 Å². The first-order valence-corrected chi connectivity index (χ1v) is 8.47. The van der Waals surface area contributed by atoms with E-state index in [4.69, 9.17) is 9.47 Å². The summed E-state index contributed by atoms with van der Waals surface area (Å²) in [6.45, 7) is 3.46. The third-order valence-electron chi connectivity index (χ3n) is 3.66. The number of allylic oxidation sites excluding steroid dienone is 1. The lowest BCUT2D eigenvalue weighted by Crippen LogP contribution is -2.01. The summed E-state index contributed by atoms with van der Waals surface area (Å²) < 4.78 is 11.0. The van der Waals surface area contributed by atoms with Crippen LogP contribution in [-0.4, -0.2) is 24.4 Å². The first-order valence-electron chi connectivity index (χ1n) is 8.47. The molecule has 1 aromatic rings. The summed E-state index contributed by atoms with van der Waals surface area (Å²) in [7, 11) is 0. The largest absolute Gasteiger partial charge is 0.380 e. The van der Waals surface area contributed by atoms with Crippen molar-refractivity contribution in [3.8, 4) is 11.8 Å². The van der Waals surface area contributed by atoms with Crippen molar-refractivity contribution in [2.45, 2.75) is 51.4 Å². The molecule has 1 fully saturated rings. The molecule has 0 radical (unpaired) electrons. The quantitative estimate of drug-likeness (QED) is 0.470. The molecule has 0 saturated carbocycles. The first-order chi connectivity index (χ1) is 11.3. The summed E-state index contributed by atoms with van der Waals surface area (Å²) in [6, 6.07) is 7.79. The summed E-state index contributed by atoms with van der Waals surface area (Å²) >= 11 is 0. The van der Waals surface area contributed by atoms with Crippen LogP contribution in [0.4, 0.5) is 0 Å². The molecular weight excluding hydrogens is 288 g/mol. The van der Waals surface area contributed by atoms with Gasteiger partial charge in [0.2, 0.25) is 0 Å². The van der Waals surface area contributed by atoms with Gasteiger partial charge < -0.3 is 14.6 Å². The average Bonchev–Trinajstić information content (AvgIpc) is 3.11. The molecule has 3 nitrogen and oxygen atoms in total. The molecule has 1 aliphatic heterocycles. The number of ether oxygens (including phenoxy) is 2. The smallest absolute Gasteiger partial charge is 0.184 e. The molecule has 1 saturated heterocycles. The number of unbranched alkanes of at least 4 members (excludes halogenated alkanes) is 3. The van der Waals surface area contributed by atoms with Crippen molar-refractivity contribution < 1.29 is 14.6 Å². The Morgan fingerprint density at radius 3 is 2.87 bits per heavy atom. The molecule has 23 heavy (non-hydrogen) atoms. The van der Waals surface area contributed by atoms with Gasteiger partial charge in [-0.15, -0.1) is 0 Å². The lowest BCUT2D eigenvalue weighted by molar-refractivity contribution is -0.0441. The zero-order valence-electron chi connectivity index (χ0n) is 13.8. The Bertz CT molecular complexity index is 547. The average molecular weight is 314 g/mol. The number of rotatable bonds is 7. The highest BCUT2D eigenvalue weighted by atomic mass is 16.7. The van der Waals surface area contributed by atoms with Gasteiger partial charge in [-0.3, -0.25) is 0 Å². The Morgan fingerprint density at radius 2 is 2.09 bits per heavy atom. The van der Waals surface area contributed by atoms with Crippen molar-refractivity contribution in [2.24, 2.45) is 0 Å². The maximum atomic E-state index is 9.92. The van der Waals surface area contributed by atoms with Gasteiger partial charge in [-0.2, -0.15) is 0 Å². The zero-order chi connectivity index (χ0) is 16.3. The first kappa shape index (κ1) is 17.7. The van der Waals surface area contributed by atoms with E-state index in [1.165, 1.54) is 19.3 Å². The predicted molar refractivity (Wildman–Crippen MR) is 91.9 cm³/mol. The fraction of sp³-hybridized carbons (Fsp3) is 0.500. The lowest BCUT2D eigenvalue weighted by Gasteiger charge is -2.09. The van der Waals surface area contributed by atoms with Crippen molar-refractivity contribution in [3.05, 3.63) is 47.5 Å². The number of benzene rings is 1. The van der Waals surface area contributed by atoms with E-state index in [9.17, 15) is 5.11 Å². The number of aliphatic hydroxyl groups excluding tert-OH is 1.